The van der Waals surface area contributed by atoms with Crippen molar-refractivity contribution >= 4 is 11.3 Å². The standard InChI is InChI=1S/C8H18N2O2S/c1-8(2,9-13(11)12)7-10-5-3-4-6-10/h9H,3-7H2,1-2H3,(H,11,12)/p-1. The Kier molecular flexibility index (Phi) is 3.85. The van der Waals surface area contributed by atoms with Crippen molar-refractivity contribution in [2.75, 3.05) is 19.6 Å². The van der Waals surface area contributed by atoms with Crippen molar-refractivity contribution < 1.29 is 8.76 Å². The van der Waals surface area contributed by atoms with Gasteiger partial charge in [-0.15, -0.1) is 0 Å². The van der Waals surface area contributed by atoms with E-state index in [1.807, 2.05) is 13.8 Å². The predicted octanol–water partition coefficient (Wildman–Crippen LogP) is 0.244. The zero-order chi connectivity index (χ0) is 9.90. The molecule has 0 aromatic carbocycles. The van der Waals surface area contributed by atoms with Crippen molar-refractivity contribution in [3.63, 3.8) is 0 Å². The van der Waals surface area contributed by atoms with Crippen LogP contribution in [0.3, 0.4) is 0 Å². The van der Waals surface area contributed by atoms with Crippen LogP contribution in [-0.4, -0.2) is 38.8 Å². The van der Waals surface area contributed by atoms with E-state index in [1.54, 1.807) is 0 Å². The fourth-order valence-corrected chi connectivity index (χ4v) is 2.27. The molecule has 78 valence electrons. The summed E-state index contributed by atoms with van der Waals surface area (Å²) in [6.45, 7) is 6.79. The molecule has 1 N–H and O–H groups in total. The third kappa shape index (κ3) is 4.17. The highest BCUT2D eigenvalue weighted by atomic mass is 32.2. The highest BCUT2D eigenvalue weighted by Gasteiger charge is 2.23. The molecule has 0 saturated carbocycles. The van der Waals surface area contributed by atoms with E-state index in [0.29, 0.717) is 0 Å². The van der Waals surface area contributed by atoms with Gasteiger partial charge in [0.1, 0.15) is 0 Å². The molecule has 0 aromatic rings. The molecule has 4 nitrogen and oxygen atoms in total. The molecule has 0 aliphatic carbocycles. The maximum atomic E-state index is 10.5. The van der Waals surface area contributed by atoms with E-state index >= 15 is 0 Å². The highest BCUT2D eigenvalue weighted by molar-refractivity contribution is 7.77. The highest BCUT2D eigenvalue weighted by Crippen LogP contribution is 2.12. The van der Waals surface area contributed by atoms with Gasteiger partial charge in [-0.2, -0.15) is 0 Å². The largest absolute Gasteiger partial charge is 0.760 e. The van der Waals surface area contributed by atoms with E-state index in [1.165, 1.54) is 12.8 Å². The van der Waals surface area contributed by atoms with Crippen LogP contribution in [0.25, 0.3) is 0 Å². The summed E-state index contributed by atoms with van der Waals surface area (Å²) in [5, 5.41) is 0. The first-order valence-corrected chi connectivity index (χ1v) is 5.66. The van der Waals surface area contributed by atoms with Crippen molar-refractivity contribution in [2.45, 2.75) is 32.2 Å². The second-order valence-corrected chi connectivity index (χ2v) is 4.88. The molecule has 0 bridgehead atoms. The number of rotatable bonds is 4. The maximum Gasteiger partial charge on any atom is 0.0366 e. The van der Waals surface area contributed by atoms with Crippen molar-refractivity contribution in [3.05, 3.63) is 0 Å². The Morgan fingerprint density at radius 3 is 2.46 bits per heavy atom. The molecule has 0 amide bonds. The molecule has 1 unspecified atom stereocenters. The summed E-state index contributed by atoms with van der Waals surface area (Å²) in [4.78, 5) is 2.29. The minimum atomic E-state index is -2.16. The summed E-state index contributed by atoms with van der Waals surface area (Å²) >= 11 is -2.16. The van der Waals surface area contributed by atoms with Gasteiger partial charge in [-0.1, -0.05) is 0 Å². The average molecular weight is 205 g/mol. The smallest absolute Gasteiger partial charge is 0.0366 e. The number of hydrogen-bond acceptors (Lipinski definition) is 3. The summed E-state index contributed by atoms with van der Waals surface area (Å²) in [7, 11) is 0. The lowest BCUT2D eigenvalue weighted by Crippen LogP contribution is -2.48. The van der Waals surface area contributed by atoms with Gasteiger partial charge in [0.05, 0.1) is 0 Å². The summed E-state index contributed by atoms with van der Waals surface area (Å²) in [5.41, 5.74) is -0.350. The van der Waals surface area contributed by atoms with Gasteiger partial charge in [0.2, 0.25) is 0 Å². The number of hydrogen-bond donors (Lipinski definition) is 1. The van der Waals surface area contributed by atoms with Gasteiger partial charge >= 0.3 is 0 Å². The zero-order valence-corrected chi connectivity index (χ0v) is 9.02. The van der Waals surface area contributed by atoms with Gasteiger partial charge < -0.3 is 9.45 Å². The molecule has 1 saturated heterocycles. The second kappa shape index (κ2) is 4.50. The minimum Gasteiger partial charge on any atom is -0.760 e. The molecule has 1 aliphatic rings. The molecule has 1 rings (SSSR count). The lowest BCUT2D eigenvalue weighted by molar-refractivity contribution is 0.256. The van der Waals surface area contributed by atoms with Gasteiger partial charge in [-0.25, -0.2) is 4.72 Å². The van der Waals surface area contributed by atoms with Crippen LogP contribution in [0, 0.1) is 0 Å². The van der Waals surface area contributed by atoms with Crippen LogP contribution >= 0.6 is 0 Å². The van der Waals surface area contributed by atoms with Crippen molar-refractivity contribution in [2.24, 2.45) is 0 Å². The molecule has 1 heterocycles. The van der Waals surface area contributed by atoms with Crippen LogP contribution in [-0.2, 0) is 11.3 Å². The van der Waals surface area contributed by atoms with Crippen LogP contribution in [0.5, 0.6) is 0 Å². The average Bonchev–Trinajstić information content (AvgIpc) is 2.34. The Bertz CT molecular complexity index is 191. The van der Waals surface area contributed by atoms with E-state index in [4.69, 9.17) is 0 Å². The third-order valence-corrected chi connectivity index (χ3v) is 2.90. The summed E-state index contributed by atoms with van der Waals surface area (Å²) < 4.78 is 23.4. The Morgan fingerprint density at radius 1 is 1.46 bits per heavy atom. The van der Waals surface area contributed by atoms with Crippen molar-refractivity contribution in [1.82, 2.24) is 9.62 Å². The van der Waals surface area contributed by atoms with Gasteiger partial charge in [0.25, 0.3) is 0 Å². The van der Waals surface area contributed by atoms with Crippen molar-refractivity contribution in [1.29, 1.82) is 0 Å². The summed E-state index contributed by atoms with van der Waals surface area (Å²) in [5.74, 6) is 0. The Balaban J connectivity index is 2.35. The van der Waals surface area contributed by atoms with Crippen molar-refractivity contribution in [3.8, 4) is 0 Å². The molecule has 1 atom stereocenters. The van der Waals surface area contributed by atoms with Gasteiger partial charge in [0.15, 0.2) is 0 Å². The van der Waals surface area contributed by atoms with E-state index in [-0.39, 0.29) is 5.54 Å². The molecular weight excluding hydrogens is 188 g/mol. The monoisotopic (exact) mass is 205 g/mol. The van der Waals surface area contributed by atoms with Crippen LogP contribution in [0.4, 0.5) is 0 Å². The van der Waals surface area contributed by atoms with E-state index in [9.17, 15) is 8.76 Å². The third-order valence-electron chi connectivity index (χ3n) is 2.18. The second-order valence-electron chi connectivity index (χ2n) is 4.20. The Morgan fingerprint density at radius 2 is 2.00 bits per heavy atom. The van der Waals surface area contributed by atoms with Gasteiger partial charge in [0, 0.05) is 23.4 Å². The molecule has 1 aliphatic heterocycles. The fraction of sp³-hybridized carbons (Fsp3) is 1.00. The quantitative estimate of drug-likeness (QED) is 0.669. The summed E-state index contributed by atoms with van der Waals surface area (Å²) in [6, 6.07) is 0. The van der Waals surface area contributed by atoms with E-state index < -0.39 is 11.3 Å². The normalized spacial score (nSPS) is 22.1. The molecule has 13 heavy (non-hydrogen) atoms. The SMILES string of the molecule is CC(C)(CN1CCCC1)NS(=O)[O-]. The molecule has 1 fully saturated rings. The van der Waals surface area contributed by atoms with Gasteiger partial charge in [-0.3, -0.25) is 4.21 Å². The van der Waals surface area contributed by atoms with Crippen LogP contribution in [0.15, 0.2) is 0 Å². The lowest BCUT2D eigenvalue weighted by Gasteiger charge is -2.31. The molecule has 0 spiro atoms. The molecule has 0 radical (unpaired) electrons. The molecule has 0 aromatic heterocycles. The number of nitrogens with zero attached hydrogens (tertiary/aromatic N) is 1. The zero-order valence-electron chi connectivity index (χ0n) is 8.21. The fourth-order valence-electron chi connectivity index (χ4n) is 1.76. The van der Waals surface area contributed by atoms with E-state index in [2.05, 4.69) is 9.62 Å². The van der Waals surface area contributed by atoms with Gasteiger partial charge in [-0.05, 0) is 39.8 Å². The van der Waals surface area contributed by atoms with E-state index in [0.717, 1.165) is 19.6 Å². The first-order chi connectivity index (χ1) is 5.99. The number of likely N-dealkylation sites (tertiary alicyclic amines) is 1. The predicted molar refractivity (Wildman–Crippen MR) is 51.8 cm³/mol. The first kappa shape index (κ1) is 11.1. The number of nitrogens with one attached hydrogen (secondary N) is 1. The molecule has 5 heteroatoms. The van der Waals surface area contributed by atoms with Crippen LogP contribution in [0.2, 0.25) is 0 Å². The lowest BCUT2D eigenvalue weighted by atomic mass is 10.1. The summed E-state index contributed by atoms with van der Waals surface area (Å²) in [6.07, 6.45) is 2.47. The first-order valence-electron chi connectivity index (χ1n) is 4.59. The van der Waals surface area contributed by atoms with Crippen LogP contribution < -0.4 is 4.72 Å². The molecular formula is C8H17N2O2S-. The Labute approximate surface area is 82.1 Å². The maximum absolute atomic E-state index is 10.5. The van der Waals surface area contributed by atoms with Crippen LogP contribution in [0.1, 0.15) is 26.7 Å². The topological polar surface area (TPSA) is 55.4 Å². The minimum absolute atomic E-state index is 0.350. The Hall–Kier alpha value is 0.0300.